The van der Waals surface area contributed by atoms with Crippen LogP contribution >= 0.6 is 0 Å². The highest BCUT2D eigenvalue weighted by molar-refractivity contribution is 7.89. The highest BCUT2D eigenvalue weighted by Crippen LogP contribution is 2.24. The normalized spacial score (nSPS) is 14.4. The Bertz CT molecular complexity index is 507. The molecule has 1 rings (SSSR count). The van der Waals surface area contributed by atoms with Gasteiger partial charge >= 0.3 is 0 Å². The smallest absolute Gasteiger partial charge is 0.246 e. The molecule has 1 atom stereocenters. The number of aromatic amines is 1. The number of nitrogens with zero attached hydrogens (tertiary/aromatic N) is 2. The number of nitrogens with one attached hydrogen (secondary N) is 1. The van der Waals surface area contributed by atoms with Crippen LogP contribution in [-0.2, 0) is 16.6 Å². The van der Waals surface area contributed by atoms with Crippen molar-refractivity contribution in [1.82, 2.24) is 14.5 Å². The molecule has 1 unspecified atom stereocenters. The van der Waals surface area contributed by atoms with Gasteiger partial charge in [-0.05, 0) is 19.8 Å². The highest BCUT2D eigenvalue weighted by atomic mass is 32.2. The monoisotopic (exact) mass is 274 g/mol. The lowest BCUT2D eigenvalue weighted by Crippen LogP contribution is -2.38. The number of aryl methyl sites for hydroxylation is 1. The van der Waals surface area contributed by atoms with Crippen LogP contribution in [0.25, 0.3) is 0 Å². The van der Waals surface area contributed by atoms with Gasteiger partial charge in [0.2, 0.25) is 10.0 Å². The average molecular weight is 274 g/mol. The molecule has 0 amide bonds. The molecule has 18 heavy (non-hydrogen) atoms. The molecule has 0 radical (unpaired) electrons. The van der Waals surface area contributed by atoms with Crippen LogP contribution in [0.1, 0.15) is 32.2 Å². The van der Waals surface area contributed by atoms with Gasteiger partial charge in [0, 0.05) is 19.6 Å². The van der Waals surface area contributed by atoms with Crippen molar-refractivity contribution in [2.75, 3.05) is 7.05 Å². The first-order chi connectivity index (χ1) is 8.23. The number of rotatable bonds is 5. The van der Waals surface area contributed by atoms with E-state index in [0.717, 1.165) is 0 Å². The van der Waals surface area contributed by atoms with Crippen LogP contribution in [-0.4, -0.2) is 36.0 Å². The van der Waals surface area contributed by atoms with Crippen LogP contribution in [0.5, 0.6) is 0 Å². The molecule has 0 aliphatic rings. The van der Waals surface area contributed by atoms with Crippen molar-refractivity contribution in [3.05, 3.63) is 11.4 Å². The first-order valence-corrected chi connectivity index (χ1v) is 7.39. The largest absolute Gasteiger partial charge is 0.325 e. The average Bonchev–Trinajstić information content (AvgIpc) is 2.68. The lowest BCUT2D eigenvalue weighted by Gasteiger charge is -2.27. The van der Waals surface area contributed by atoms with Crippen molar-refractivity contribution in [2.24, 2.45) is 11.7 Å². The highest BCUT2D eigenvalue weighted by Gasteiger charge is 2.31. The van der Waals surface area contributed by atoms with Gasteiger partial charge in [0.25, 0.3) is 0 Å². The molecule has 1 heterocycles. The number of nitrogens with two attached hydrogens (primary N) is 1. The van der Waals surface area contributed by atoms with Crippen LogP contribution in [0.4, 0.5) is 0 Å². The summed E-state index contributed by atoms with van der Waals surface area (Å²) in [6, 6.07) is -0.0880. The van der Waals surface area contributed by atoms with Gasteiger partial charge in [-0.15, -0.1) is 0 Å². The zero-order valence-corrected chi connectivity index (χ0v) is 12.4. The molecule has 0 aromatic carbocycles. The fourth-order valence-electron chi connectivity index (χ4n) is 1.73. The van der Waals surface area contributed by atoms with Crippen molar-refractivity contribution in [3.8, 4) is 0 Å². The van der Waals surface area contributed by atoms with Crippen LogP contribution in [0.15, 0.2) is 4.90 Å². The fraction of sp³-hybridized carbons (Fsp3) is 0.727. The fourth-order valence-corrected chi connectivity index (χ4v) is 3.56. The summed E-state index contributed by atoms with van der Waals surface area (Å²) in [6.45, 7) is 7.65. The lowest BCUT2D eigenvalue weighted by molar-refractivity contribution is 0.315. The van der Waals surface area contributed by atoms with Gasteiger partial charge in [0.15, 0.2) is 0 Å². The third-order valence-electron chi connectivity index (χ3n) is 3.33. The van der Waals surface area contributed by atoms with Gasteiger partial charge in [0.05, 0.1) is 11.4 Å². The molecule has 0 aliphatic heterocycles. The molecular weight excluding hydrogens is 252 g/mol. The summed E-state index contributed by atoms with van der Waals surface area (Å²) in [5, 5.41) is 6.61. The van der Waals surface area contributed by atoms with E-state index in [1.165, 1.54) is 4.31 Å². The van der Waals surface area contributed by atoms with Crippen LogP contribution in [0.2, 0.25) is 0 Å². The van der Waals surface area contributed by atoms with Crippen molar-refractivity contribution < 1.29 is 8.42 Å². The van der Waals surface area contributed by atoms with E-state index in [4.69, 9.17) is 5.73 Å². The number of hydrogen-bond donors (Lipinski definition) is 2. The summed E-state index contributed by atoms with van der Waals surface area (Å²) in [6.07, 6.45) is 0. The Kier molecular flexibility index (Phi) is 4.52. The standard InChI is InChI=1S/C11H22N4O2S/c1-7(2)9(4)15(5)18(16,17)11-8(3)13-14-10(11)6-12/h7,9H,6,12H2,1-5H3,(H,13,14). The predicted octanol–water partition coefficient (Wildman–Crippen LogP) is 0.842. The van der Waals surface area contributed by atoms with Gasteiger partial charge in [-0.25, -0.2) is 8.42 Å². The Morgan fingerprint density at radius 2 is 1.94 bits per heavy atom. The van der Waals surface area contributed by atoms with Crippen molar-refractivity contribution >= 4 is 10.0 Å². The minimum absolute atomic E-state index is 0.0880. The topological polar surface area (TPSA) is 92.1 Å². The third-order valence-corrected chi connectivity index (χ3v) is 5.48. The zero-order valence-electron chi connectivity index (χ0n) is 11.6. The molecular formula is C11H22N4O2S. The van der Waals surface area contributed by atoms with E-state index in [0.29, 0.717) is 11.4 Å². The van der Waals surface area contributed by atoms with Gasteiger partial charge < -0.3 is 5.73 Å². The number of sulfonamides is 1. The maximum Gasteiger partial charge on any atom is 0.246 e. The lowest BCUT2D eigenvalue weighted by atomic mass is 10.1. The van der Waals surface area contributed by atoms with Crippen molar-refractivity contribution in [1.29, 1.82) is 0 Å². The first kappa shape index (κ1) is 15.1. The summed E-state index contributed by atoms with van der Waals surface area (Å²) in [4.78, 5) is 0.208. The van der Waals surface area contributed by atoms with E-state index in [-0.39, 0.29) is 23.4 Å². The number of aromatic nitrogens is 2. The molecule has 0 spiro atoms. The number of H-pyrrole nitrogens is 1. The molecule has 6 nitrogen and oxygen atoms in total. The molecule has 0 aliphatic carbocycles. The van der Waals surface area contributed by atoms with E-state index in [1.807, 2.05) is 20.8 Å². The molecule has 0 saturated heterocycles. The van der Waals surface area contributed by atoms with Crippen molar-refractivity contribution in [3.63, 3.8) is 0 Å². The summed E-state index contributed by atoms with van der Waals surface area (Å²) < 4.78 is 26.5. The van der Waals surface area contributed by atoms with Crippen LogP contribution in [0, 0.1) is 12.8 Å². The van der Waals surface area contributed by atoms with E-state index < -0.39 is 10.0 Å². The van der Waals surface area contributed by atoms with E-state index in [2.05, 4.69) is 10.2 Å². The van der Waals surface area contributed by atoms with E-state index in [9.17, 15) is 8.42 Å². The first-order valence-electron chi connectivity index (χ1n) is 5.95. The molecule has 1 aromatic heterocycles. The Balaban J connectivity index is 3.25. The van der Waals surface area contributed by atoms with Gasteiger partial charge in [0.1, 0.15) is 4.90 Å². The molecule has 104 valence electrons. The van der Waals surface area contributed by atoms with Crippen LogP contribution < -0.4 is 5.73 Å². The molecule has 3 N–H and O–H groups in total. The minimum Gasteiger partial charge on any atom is -0.325 e. The Morgan fingerprint density at radius 1 is 1.39 bits per heavy atom. The van der Waals surface area contributed by atoms with Gasteiger partial charge in [-0.3, -0.25) is 5.10 Å². The summed E-state index contributed by atoms with van der Waals surface area (Å²) in [5.74, 6) is 0.235. The number of hydrogen-bond acceptors (Lipinski definition) is 4. The quantitative estimate of drug-likeness (QED) is 0.832. The SMILES string of the molecule is Cc1[nH]nc(CN)c1S(=O)(=O)N(C)C(C)C(C)C. The molecule has 0 saturated carbocycles. The van der Waals surface area contributed by atoms with Crippen LogP contribution in [0.3, 0.4) is 0 Å². The zero-order chi connectivity index (χ0) is 14.1. The minimum atomic E-state index is -3.55. The molecule has 0 bridgehead atoms. The van der Waals surface area contributed by atoms with Gasteiger partial charge in [-0.1, -0.05) is 13.8 Å². The summed E-state index contributed by atoms with van der Waals surface area (Å²) >= 11 is 0. The Morgan fingerprint density at radius 3 is 2.39 bits per heavy atom. The summed E-state index contributed by atoms with van der Waals surface area (Å²) in [5.41, 5.74) is 6.44. The Hall–Kier alpha value is -0.920. The van der Waals surface area contributed by atoms with Gasteiger partial charge in [-0.2, -0.15) is 9.40 Å². The Labute approximate surface area is 109 Å². The molecule has 0 fully saturated rings. The predicted molar refractivity (Wildman–Crippen MR) is 70.5 cm³/mol. The molecule has 1 aromatic rings. The second kappa shape index (κ2) is 5.38. The third kappa shape index (κ3) is 2.57. The molecule has 7 heteroatoms. The maximum absolute atomic E-state index is 12.6. The second-order valence-electron chi connectivity index (χ2n) is 4.83. The van der Waals surface area contributed by atoms with E-state index >= 15 is 0 Å². The maximum atomic E-state index is 12.6. The summed E-state index contributed by atoms with van der Waals surface area (Å²) in [7, 11) is -1.96. The second-order valence-corrected chi connectivity index (χ2v) is 6.77. The van der Waals surface area contributed by atoms with Crippen molar-refractivity contribution in [2.45, 2.75) is 45.2 Å². The van der Waals surface area contributed by atoms with E-state index in [1.54, 1.807) is 14.0 Å².